The Morgan fingerprint density at radius 3 is 2.21 bits per heavy atom. The molecule has 0 aromatic heterocycles. The van der Waals surface area contributed by atoms with Crippen LogP contribution in [0.25, 0.3) is 0 Å². The number of aryl methyl sites for hydroxylation is 1. The zero-order chi connectivity index (χ0) is 10.9. The molecule has 1 rings (SSSR count). The van der Waals surface area contributed by atoms with Crippen molar-refractivity contribution in [3.05, 3.63) is 34.4 Å². The van der Waals surface area contributed by atoms with Gasteiger partial charge in [-0.3, -0.25) is 0 Å². The van der Waals surface area contributed by atoms with Crippen molar-refractivity contribution in [3.63, 3.8) is 0 Å². The molecule has 0 bridgehead atoms. The second-order valence-electron chi connectivity index (χ2n) is 3.22. The topological polar surface area (TPSA) is 0 Å². The minimum absolute atomic E-state index is 0.101. The third-order valence-electron chi connectivity index (χ3n) is 2.19. The van der Waals surface area contributed by atoms with Crippen LogP contribution in [0.1, 0.15) is 22.3 Å². The molecule has 78 valence electrons. The van der Waals surface area contributed by atoms with E-state index in [0.29, 0.717) is 11.1 Å². The van der Waals surface area contributed by atoms with Crippen LogP contribution in [0, 0.1) is 13.8 Å². The van der Waals surface area contributed by atoms with Crippen molar-refractivity contribution in [3.8, 4) is 0 Å². The first-order chi connectivity index (χ1) is 6.36. The van der Waals surface area contributed by atoms with Crippen molar-refractivity contribution in [2.75, 3.05) is 0 Å². The molecule has 0 amide bonds. The fraction of sp³-hybridized carbons (Fsp3) is 0.400. The fourth-order valence-electron chi connectivity index (χ4n) is 1.31. The summed E-state index contributed by atoms with van der Waals surface area (Å²) < 4.78 is 37.5. The Hall–Kier alpha value is -0.700. The van der Waals surface area contributed by atoms with Gasteiger partial charge in [0.2, 0.25) is 0 Å². The number of alkyl halides is 4. The van der Waals surface area contributed by atoms with E-state index in [4.69, 9.17) is 11.6 Å². The van der Waals surface area contributed by atoms with Gasteiger partial charge in [-0.15, -0.1) is 11.6 Å². The molecule has 0 saturated heterocycles. The summed E-state index contributed by atoms with van der Waals surface area (Å²) in [6, 6.07) is 2.78. The second-order valence-corrected chi connectivity index (χ2v) is 3.48. The van der Waals surface area contributed by atoms with Gasteiger partial charge in [0.15, 0.2) is 0 Å². The summed E-state index contributed by atoms with van der Waals surface area (Å²) in [7, 11) is 0. The van der Waals surface area contributed by atoms with Gasteiger partial charge in [0, 0.05) is 5.88 Å². The SMILES string of the molecule is Cc1cc(CCl)cc(C(F)(F)F)c1C. The molecule has 0 atom stereocenters. The summed E-state index contributed by atoms with van der Waals surface area (Å²) in [5, 5.41) is 0. The molecule has 0 unspecified atom stereocenters. The van der Waals surface area contributed by atoms with E-state index < -0.39 is 11.7 Å². The Kier molecular flexibility index (Phi) is 3.10. The predicted molar refractivity (Wildman–Crippen MR) is 50.5 cm³/mol. The Bertz CT molecular complexity index is 342. The first-order valence-electron chi connectivity index (χ1n) is 4.09. The molecule has 0 nitrogen and oxygen atoms in total. The largest absolute Gasteiger partial charge is 0.416 e. The van der Waals surface area contributed by atoms with Gasteiger partial charge in [-0.25, -0.2) is 0 Å². The van der Waals surface area contributed by atoms with Crippen LogP contribution < -0.4 is 0 Å². The molecule has 0 radical (unpaired) electrons. The van der Waals surface area contributed by atoms with Crippen molar-refractivity contribution in [1.82, 2.24) is 0 Å². The lowest BCUT2D eigenvalue weighted by molar-refractivity contribution is -0.138. The molecule has 0 heterocycles. The Morgan fingerprint density at radius 1 is 1.21 bits per heavy atom. The maximum atomic E-state index is 12.5. The lowest BCUT2D eigenvalue weighted by atomic mass is 10.00. The lowest BCUT2D eigenvalue weighted by Gasteiger charge is -2.13. The summed E-state index contributed by atoms with van der Waals surface area (Å²) in [5.41, 5.74) is 0.803. The highest BCUT2D eigenvalue weighted by molar-refractivity contribution is 6.17. The number of hydrogen-bond donors (Lipinski definition) is 0. The average Bonchev–Trinajstić information content (AvgIpc) is 2.07. The van der Waals surface area contributed by atoms with Crippen LogP contribution in [-0.2, 0) is 12.1 Å². The van der Waals surface area contributed by atoms with Gasteiger partial charge in [-0.2, -0.15) is 13.2 Å². The van der Waals surface area contributed by atoms with E-state index in [9.17, 15) is 13.2 Å². The van der Waals surface area contributed by atoms with Crippen LogP contribution in [0.3, 0.4) is 0 Å². The third-order valence-corrected chi connectivity index (χ3v) is 2.50. The molecule has 0 N–H and O–H groups in total. The Labute approximate surface area is 85.7 Å². The van der Waals surface area contributed by atoms with Crippen LogP contribution >= 0.6 is 11.6 Å². The van der Waals surface area contributed by atoms with E-state index in [1.54, 1.807) is 13.0 Å². The summed E-state index contributed by atoms with van der Waals surface area (Å²) in [6.45, 7) is 3.12. The molecule has 0 aliphatic heterocycles. The van der Waals surface area contributed by atoms with Crippen molar-refractivity contribution >= 4 is 11.6 Å². The zero-order valence-electron chi connectivity index (χ0n) is 7.87. The Morgan fingerprint density at radius 2 is 1.79 bits per heavy atom. The number of halogens is 4. The molecule has 14 heavy (non-hydrogen) atoms. The fourth-order valence-corrected chi connectivity index (χ4v) is 1.46. The molecule has 0 aliphatic rings. The molecule has 0 aliphatic carbocycles. The van der Waals surface area contributed by atoms with Gasteiger partial charge in [-0.05, 0) is 36.6 Å². The van der Waals surface area contributed by atoms with E-state index in [1.165, 1.54) is 6.92 Å². The summed E-state index contributed by atoms with van der Waals surface area (Å²) in [5.74, 6) is 0.101. The highest BCUT2D eigenvalue weighted by Crippen LogP contribution is 2.34. The monoisotopic (exact) mass is 222 g/mol. The lowest BCUT2D eigenvalue weighted by Crippen LogP contribution is -2.09. The van der Waals surface area contributed by atoms with Gasteiger partial charge in [-0.1, -0.05) is 6.07 Å². The molecule has 1 aromatic carbocycles. The summed E-state index contributed by atoms with van der Waals surface area (Å²) in [6.07, 6.45) is -4.29. The molecule has 1 aromatic rings. The highest BCUT2D eigenvalue weighted by atomic mass is 35.5. The van der Waals surface area contributed by atoms with Crippen LogP contribution in [0.15, 0.2) is 12.1 Å². The Balaban J connectivity index is 3.35. The zero-order valence-corrected chi connectivity index (χ0v) is 8.63. The van der Waals surface area contributed by atoms with Crippen molar-refractivity contribution < 1.29 is 13.2 Å². The smallest absolute Gasteiger partial charge is 0.166 e. The van der Waals surface area contributed by atoms with Gasteiger partial charge in [0.25, 0.3) is 0 Å². The van der Waals surface area contributed by atoms with E-state index in [-0.39, 0.29) is 11.4 Å². The third kappa shape index (κ3) is 2.21. The van der Waals surface area contributed by atoms with E-state index in [2.05, 4.69) is 0 Å². The van der Waals surface area contributed by atoms with Crippen molar-refractivity contribution in [2.24, 2.45) is 0 Å². The summed E-state index contributed by atoms with van der Waals surface area (Å²) >= 11 is 5.51. The minimum Gasteiger partial charge on any atom is -0.166 e. The maximum absolute atomic E-state index is 12.5. The predicted octanol–water partition coefficient (Wildman–Crippen LogP) is 4.06. The van der Waals surface area contributed by atoms with Crippen LogP contribution in [0.5, 0.6) is 0 Å². The molecule has 0 fully saturated rings. The number of rotatable bonds is 1. The van der Waals surface area contributed by atoms with Crippen molar-refractivity contribution in [2.45, 2.75) is 25.9 Å². The molecule has 0 saturated carbocycles. The van der Waals surface area contributed by atoms with Crippen LogP contribution in [0.4, 0.5) is 13.2 Å². The van der Waals surface area contributed by atoms with Crippen LogP contribution in [0.2, 0.25) is 0 Å². The first-order valence-corrected chi connectivity index (χ1v) is 4.63. The van der Waals surface area contributed by atoms with E-state index in [0.717, 1.165) is 6.07 Å². The minimum atomic E-state index is -4.29. The van der Waals surface area contributed by atoms with E-state index in [1.807, 2.05) is 0 Å². The molecule has 4 heteroatoms. The average molecular weight is 223 g/mol. The van der Waals surface area contributed by atoms with Gasteiger partial charge in [0.05, 0.1) is 5.56 Å². The number of hydrogen-bond acceptors (Lipinski definition) is 0. The molecular weight excluding hydrogens is 213 g/mol. The molecular formula is C10H10ClF3. The second kappa shape index (κ2) is 3.81. The van der Waals surface area contributed by atoms with Gasteiger partial charge in [0.1, 0.15) is 0 Å². The van der Waals surface area contributed by atoms with Gasteiger partial charge < -0.3 is 0 Å². The summed E-state index contributed by atoms with van der Waals surface area (Å²) in [4.78, 5) is 0. The standard InChI is InChI=1S/C10H10ClF3/c1-6-3-8(5-11)4-9(7(6)2)10(12,13)14/h3-4H,5H2,1-2H3. The maximum Gasteiger partial charge on any atom is 0.416 e. The van der Waals surface area contributed by atoms with Gasteiger partial charge >= 0.3 is 6.18 Å². The van der Waals surface area contributed by atoms with Crippen molar-refractivity contribution in [1.29, 1.82) is 0 Å². The highest BCUT2D eigenvalue weighted by Gasteiger charge is 2.32. The molecule has 0 spiro atoms. The quantitative estimate of drug-likeness (QED) is 0.629. The van der Waals surface area contributed by atoms with Crippen LogP contribution in [-0.4, -0.2) is 0 Å². The normalized spacial score (nSPS) is 11.9. The first kappa shape index (κ1) is 11.4. The number of benzene rings is 1. The van der Waals surface area contributed by atoms with E-state index >= 15 is 0 Å².